The Morgan fingerprint density at radius 1 is 0.415 bits per heavy atom. The number of imidazole rings is 4. The van der Waals surface area contributed by atoms with Crippen LogP contribution in [0.3, 0.4) is 0 Å². The third-order valence-corrected chi connectivity index (χ3v) is 33.2. The van der Waals surface area contributed by atoms with Crippen LogP contribution >= 0.6 is 46.9 Å². The molecule has 25 rings (SSSR count). The number of hydrogen-bond acceptors (Lipinski definition) is 52. The van der Waals surface area contributed by atoms with Gasteiger partial charge in [-0.3, -0.25) is 97.7 Å². The SMILES string of the molecule is CP1(=O)OC[C@@]23CO[C@@H]([C@H](n4cnc5c(=O)[nH]c(N)nc54)O2)[C@@H]3O1.CP1(=O)OC[C@@]23CO[C@@H]([C@H](n4cnc5c(N)nc(N)nc54)O2)[C@@H]3O1.CP1(=O)OC[C@@]23CO[C@@H]([C@H](n4cnc5c(N)ncnc54)O2)[C@@H]3O1.C[PH](=O)OC[C@]12O[C@@H](n3ccc(=O)[nH]c3=O)[C@H](OC1(C)C)[C@@H]2O.C[PH](=O)OC[C@]12O[C@@H](n3cnc4c(N)nc(N)nc43)[C@H](OC1(C)C)[C@@H]2O.Cc1cn([C@@H]2O[C@]3(CO[PH](C)=O)[C@@H](O)[C@H]2OC3(C)C)c(=O)[nH]c1=O.[Y].[Y].[Y]. The number of aryl methyl sites for hydroxylation is 1. The molecule has 3 radical (unpaired) electrons. The van der Waals surface area contributed by atoms with Crippen LogP contribution in [0.5, 0.6) is 0 Å². The van der Waals surface area contributed by atoms with Gasteiger partial charge in [-0.1, -0.05) is 0 Å². The average molecular weight is 2410 g/mol. The van der Waals surface area contributed by atoms with Crippen molar-refractivity contribution in [3.8, 4) is 0 Å². The van der Waals surface area contributed by atoms with Crippen LogP contribution in [0.4, 0.5) is 35.3 Å². The molecule has 12 bridgehead atoms. The van der Waals surface area contributed by atoms with Gasteiger partial charge in [-0.05, 0) is 48.5 Å². The molecule has 61 nitrogen and oxygen atoms in total. The third-order valence-electron chi connectivity index (χ3n) is 27.9. The monoisotopic (exact) mass is 2410 g/mol. The number of nitrogens with one attached hydrogen (secondary N) is 3. The maximum Gasteiger partial charge on any atom is 0.330 e. The third kappa shape index (κ3) is 19.1. The Balaban J connectivity index is 0.000000120. The van der Waals surface area contributed by atoms with E-state index in [4.69, 9.17) is 132 Å². The molecule has 0 aromatic carbocycles. The van der Waals surface area contributed by atoms with Crippen molar-refractivity contribution in [1.82, 2.24) is 97.2 Å². The summed E-state index contributed by atoms with van der Waals surface area (Å²) >= 11 is 0. The number of fused-ring (bicyclic) bond motifs is 10. The van der Waals surface area contributed by atoms with Gasteiger partial charge in [-0.15, -0.1) is 0 Å². The normalized spacial score (nSPS) is 37.4. The van der Waals surface area contributed by atoms with Crippen LogP contribution in [-0.2, 0) is 223 Å². The molecule has 0 saturated carbocycles. The summed E-state index contributed by atoms with van der Waals surface area (Å²) in [5.41, 5.74) is 26.4. The van der Waals surface area contributed by atoms with Crippen molar-refractivity contribution in [3.05, 3.63) is 108 Å². The van der Waals surface area contributed by atoms with Crippen molar-refractivity contribution in [1.29, 1.82) is 0 Å². The average Bonchev–Trinajstić information content (AvgIpc) is 1.54. The predicted octanol–water partition coefficient (Wildman–Crippen LogP) is -1.04. The number of hydrogen-bond donors (Lipinski definition) is 12. The number of nitrogens with two attached hydrogens (primary N) is 6. The standard InChI is InChI=1S/C14H21N6O5P.C14H21N2O7P.C13H19N2O7P.C12H15N6O5P.C12H14N5O6P.C12H14N5O5P.3Y/c1-13(2)14(4-23-26(3)22)8(21)7(24-13)11(25-14)20-5-17-6-9(15)18-12(16)19-10(6)20;1-7-5-16(12(19)15-10(7)18)11-8-9(17)14(23-11,6-21-24(4)20)13(2,3)22-8;1-12(2)13(6-20-23(3)19)9(17)8(21-12)10(22-13)15-5-4-7(16)14-11(15)18;1-24(19)21-3-12-2-20-6(7(12)23-24)10(22-12)18-4-15-5-8(13)16-11(14)17-9(5)18;1-24(19)21-3-12-2-20-6(7(12)23-24)10(22-12)17-4-14-5-8(17)15-11(13)16-9(5)18;1-23(18)20-3-12-2-19-7(8(12)22-23)11(21-12)17-5-16-6-9(13)14-4-15-10(6)17;;;/h5,7-8,11,21,26H,4H2,1-3H3,(H4,15,16,18,19);5,8-9,11,17,24H,6H2,1-4H3,(H,15,18,19);4-5,8-10,17,23H,6H2,1-3H3,(H,14,16,18);4,6-7,10H,2-3H2,1H3,(H4,13,14,16,17);4,6-7,10H,2-3H2,1H3,(H3,13,15,16,18);4-5,7-8,11H,2-3H2,1H3,(H2,13,14,15);;;/t7-,8+,11-,14-;8-,9+,11-,14-;8-,9+,10-,13-;2*6-,7+,10-,12-,24?;7-,8+,11-,12-,23?;;;/m111111.../s1. The summed E-state index contributed by atoms with van der Waals surface area (Å²) in [6, 6.07) is 1.18. The van der Waals surface area contributed by atoms with E-state index in [-0.39, 0.29) is 185 Å². The number of aromatic amines is 3. The first-order chi connectivity index (χ1) is 67.7. The van der Waals surface area contributed by atoms with Crippen LogP contribution in [0.15, 0.2) is 74.1 Å². The molecule has 0 amide bonds. The summed E-state index contributed by atoms with van der Waals surface area (Å²) < 4.78 is 200. The van der Waals surface area contributed by atoms with Gasteiger partial charge in [0.1, 0.15) is 113 Å². The molecule has 15 aliphatic heterocycles. The first-order valence-corrected chi connectivity index (χ1v) is 56.0. The molecule has 0 aliphatic carbocycles. The van der Waals surface area contributed by atoms with Gasteiger partial charge in [0.05, 0.1) is 102 Å². The molecule has 0 spiro atoms. The van der Waals surface area contributed by atoms with Crippen LogP contribution in [-0.4, -0.2) is 336 Å². The van der Waals surface area contributed by atoms with Crippen molar-refractivity contribution < 1.29 is 238 Å². The van der Waals surface area contributed by atoms with Gasteiger partial charge in [0.15, 0.2) is 124 Å². The van der Waals surface area contributed by atoms with Crippen molar-refractivity contribution >= 4 is 127 Å². The molecule has 10 aromatic heterocycles. The number of H-pyrrole nitrogens is 3. The summed E-state index contributed by atoms with van der Waals surface area (Å²) in [6.07, 6.45) is -2.47. The number of nitrogens with zero attached hydrogens (tertiary/aromatic N) is 17. The van der Waals surface area contributed by atoms with Crippen molar-refractivity contribution in [2.24, 2.45) is 0 Å². The Morgan fingerprint density at radius 2 is 0.755 bits per heavy atom. The number of aromatic nitrogens is 20. The number of rotatable bonds is 15. The molecule has 70 heteroatoms. The van der Waals surface area contributed by atoms with Crippen LogP contribution in [0.25, 0.3) is 44.7 Å². The second-order valence-electron chi connectivity index (χ2n) is 38.3. The fraction of sp³-hybridized carbons (Fsp3) is 0.636. The minimum atomic E-state index is -3.14. The molecular formula is C77H104N26O35P6Y3. The summed E-state index contributed by atoms with van der Waals surface area (Å²) in [7, 11) is -16.0. The molecule has 10 aromatic rings. The molecule has 791 valence electrons. The second kappa shape index (κ2) is 40.3. The fourth-order valence-electron chi connectivity index (χ4n) is 20.5. The van der Waals surface area contributed by atoms with Crippen LogP contribution in [0, 0.1) is 6.92 Å². The van der Waals surface area contributed by atoms with Gasteiger partial charge >= 0.3 is 34.2 Å². The number of nitrogen functional groups attached to an aromatic ring is 6. The van der Waals surface area contributed by atoms with E-state index in [1.807, 2.05) is 0 Å². The minimum absolute atomic E-state index is 0. The minimum Gasteiger partial charge on any atom is -0.387 e. The number of aliphatic hydroxyl groups is 3. The molecule has 30 atom stereocenters. The van der Waals surface area contributed by atoms with Gasteiger partial charge in [-0.25, -0.2) is 39.5 Å². The Morgan fingerprint density at radius 3 is 1.14 bits per heavy atom. The molecule has 6 unspecified atom stereocenters. The number of aliphatic hydroxyl groups excluding tert-OH is 3. The second-order valence-corrected chi connectivity index (χ2v) is 48.2. The van der Waals surface area contributed by atoms with E-state index in [2.05, 4.69) is 69.8 Å². The van der Waals surface area contributed by atoms with E-state index >= 15 is 0 Å². The molecule has 15 fully saturated rings. The van der Waals surface area contributed by atoms with Gasteiger partial charge in [0.2, 0.25) is 17.8 Å². The van der Waals surface area contributed by atoms with E-state index in [9.17, 15) is 66.7 Å². The fourth-order valence-corrected chi connectivity index (χ4v) is 25.5. The van der Waals surface area contributed by atoms with E-state index in [1.54, 1.807) is 79.4 Å². The Bertz CT molecular complexity index is 7390. The predicted molar refractivity (Wildman–Crippen MR) is 495 cm³/mol. The summed E-state index contributed by atoms with van der Waals surface area (Å²) in [5, 5.41) is 32.1. The van der Waals surface area contributed by atoms with Crippen LogP contribution in [0.1, 0.15) is 84.5 Å². The Kier molecular flexibility index (Phi) is 30.7. The first kappa shape index (κ1) is 112. The van der Waals surface area contributed by atoms with Gasteiger partial charge in [0.25, 0.3) is 16.7 Å². The topological polar surface area (TPSA) is 817 Å². The molecule has 15 saturated heterocycles. The Labute approximate surface area is 905 Å². The molecule has 25 heterocycles. The number of ether oxygens (including phenoxy) is 12. The summed E-state index contributed by atoms with van der Waals surface area (Å²) in [4.78, 5) is 111. The van der Waals surface area contributed by atoms with Gasteiger partial charge in [-0.2, -0.15) is 24.9 Å². The largest absolute Gasteiger partial charge is 0.387 e. The molecule has 147 heavy (non-hydrogen) atoms. The molecule has 15 aliphatic rings. The van der Waals surface area contributed by atoms with Crippen LogP contribution < -0.4 is 62.5 Å². The molecular weight excluding hydrogens is 2300 g/mol. The van der Waals surface area contributed by atoms with E-state index < -0.39 is 236 Å². The Hall–Kier alpha value is -6.11. The summed E-state index contributed by atoms with van der Waals surface area (Å²) in [5.74, 6) is 0.661. The summed E-state index contributed by atoms with van der Waals surface area (Å²) in [6.45, 7) is 21.8. The van der Waals surface area contributed by atoms with E-state index in [1.165, 1.54) is 82.0 Å². The van der Waals surface area contributed by atoms with Gasteiger partial charge in [0, 0.05) is 162 Å². The zero-order valence-electron chi connectivity index (χ0n) is 80.4. The van der Waals surface area contributed by atoms with Crippen molar-refractivity contribution in [3.63, 3.8) is 0 Å². The molecule has 18 N–H and O–H groups in total. The smallest absolute Gasteiger partial charge is 0.330 e. The van der Waals surface area contributed by atoms with E-state index in [0.717, 1.165) is 4.57 Å². The van der Waals surface area contributed by atoms with Crippen molar-refractivity contribution in [2.45, 2.75) is 209 Å². The van der Waals surface area contributed by atoms with E-state index in [0.29, 0.717) is 58.1 Å². The zero-order chi connectivity index (χ0) is 103. The first-order valence-electron chi connectivity index (χ1n) is 44.6. The van der Waals surface area contributed by atoms with Gasteiger partial charge < -0.3 is 134 Å². The van der Waals surface area contributed by atoms with Crippen molar-refractivity contribution in [2.75, 3.05) is 134 Å². The maximum absolute atomic E-state index is 12.2. The zero-order valence-corrected chi connectivity index (χ0v) is 94.6. The maximum atomic E-state index is 12.2. The quantitative estimate of drug-likeness (QED) is 0.0546. The number of anilines is 6. The van der Waals surface area contributed by atoms with Crippen LogP contribution in [0.2, 0.25) is 0 Å².